The summed E-state index contributed by atoms with van der Waals surface area (Å²) in [4.78, 5) is 48.6. The van der Waals surface area contributed by atoms with E-state index >= 15 is 0 Å². The number of ketones is 1. The minimum atomic E-state index is -2.47. The summed E-state index contributed by atoms with van der Waals surface area (Å²) in [6.45, 7) is 3.89. The van der Waals surface area contributed by atoms with E-state index < -0.39 is 38.6 Å². The Bertz CT molecular complexity index is 1480. The minimum Gasteiger partial charge on any atom is -0.454 e. The molecular formula is C25H19N3O8. The summed E-state index contributed by atoms with van der Waals surface area (Å²) in [6, 6.07) is 13.4. The van der Waals surface area contributed by atoms with E-state index in [0.717, 1.165) is 23.8 Å². The summed E-state index contributed by atoms with van der Waals surface area (Å²) in [5.74, 6) is -3.98. The van der Waals surface area contributed by atoms with Gasteiger partial charge in [-0.25, -0.2) is 0 Å². The zero-order valence-electron chi connectivity index (χ0n) is 19.1. The number of hydrogen-bond donors (Lipinski definition) is 2. The third kappa shape index (κ3) is 2.96. The number of non-ortho nitro benzene ring substituents is 1. The van der Waals surface area contributed by atoms with Gasteiger partial charge >= 0.3 is 0 Å². The van der Waals surface area contributed by atoms with Gasteiger partial charge in [0, 0.05) is 34.9 Å². The molecule has 0 saturated carbocycles. The normalized spacial score (nSPS) is 21.4. The number of nitro groups is 2. The van der Waals surface area contributed by atoms with Crippen LogP contribution in [0.25, 0.3) is 0 Å². The number of nitro benzene ring substituents is 2. The summed E-state index contributed by atoms with van der Waals surface area (Å²) in [7, 11) is 0. The van der Waals surface area contributed by atoms with Crippen molar-refractivity contribution < 1.29 is 29.3 Å². The molecule has 11 heteroatoms. The molecule has 1 heterocycles. The highest BCUT2D eigenvalue weighted by Crippen LogP contribution is 2.59. The van der Waals surface area contributed by atoms with E-state index in [1.54, 1.807) is 18.2 Å². The molecule has 0 saturated heterocycles. The standard InChI is InChI=1S/C25H19N3O8/c1-13(2)15-8-11-17-20(12-15)36-25(31)18-4-3-5-19(28(34)35)21(18)22(29)24(17,25)26-23(30)14-6-9-16(10-7-14)27(32)33/h3-13,31H,1-2H3,(H,26,30). The number of rotatable bonds is 5. The second-order valence-corrected chi connectivity index (χ2v) is 8.95. The van der Waals surface area contributed by atoms with Crippen molar-refractivity contribution in [3.05, 3.63) is 109 Å². The molecule has 1 amide bonds. The monoisotopic (exact) mass is 489 g/mol. The number of carbonyl (C=O) groups excluding carboxylic acids is 2. The zero-order chi connectivity index (χ0) is 26.0. The molecule has 2 unspecified atom stereocenters. The average molecular weight is 489 g/mol. The lowest BCUT2D eigenvalue weighted by molar-refractivity contribution is -0.385. The lowest BCUT2D eigenvalue weighted by Gasteiger charge is -2.34. The first-order chi connectivity index (χ1) is 17.0. The predicted octanol–water partition coefficient (Wildman–Crippen LogP) is 3.69. The number of fused-ring (bicyclic) bond motifs is 5. The van der Waals surface area contributed by atoms with Crippen molar-refractivity contribution in [1.82, 2.24) is 5.32 Å². The molecule has 3 aromatic carbocycles. The molecule has 1 aliphatic carbocycles. The highest BCUT2D eigenvalue weighted by atomic mass is 16.6. The van der Waals surface area contributed by atoms with Gasteiger partial charge in [0.1, 0.15) is 11.3 Å². The fourth-order valence-electron chi connectivity index (χ4n) is 4.83. The molecule has 0 radical (unpaired) electrons. The van der Waals surface area contributed by atoms with Gasteiger partial charge in [-0.3, -0.25) is 29.8 Å². The number of Topliss-reactive ketones (excluding diaryl/α,β-unsaturated/α-hetero) is 1. The number of ether oxygens (including phenoxy) is 1. The highest BCUT2D eigenvalue weighted by Gasteiger charge is 2.73. The highest BCUT2D eigenvalue weighted by molar-refractivity contribution is 6.15. The fourth-order valence-corrected chi connectivity index (χ4v) is 4.83. The Hall–Kier alpha value is -4.64. The van der Waals surface area contributed by atoms with Crippen molar-refractivity contribution >= 4 is 23.1 Å². The van der Waals surface area contributed by atoms with Crippen LogP contribution in [0.15, 0.2) is 60.7 Å². The summed E-state index contributed by atoms with van der Waals surface area (Å²) in [5.41, 5.74) is -2.56. The first-order valence-electron chi connectivity index (χ1n) is 11.0. The van der Waals surface area contributed by atoms with Gasteiger partial charge in [0.2, 0.25) is 11.3 Å². The molecule has 0 aromatic heterocycles. The molecule has 3 aromatic rings. The summed E-state index contributed by atoms with van der Waals surface area (Å²) >= 11 is 0. The van der Waals surface area contributed by atoms with Crippen LogP contribution in [-0.2, 0) is 11.3 Å². The van der Waals surface area contributed by atoms with Crippen LogP contribution in [0.1, 0.15) is 57.2 Å². The smallest absolute Gasteiger partial charge is 0.280 e. The molecule has 1 aliphatic heterocycles. The molecule has 11 nitrogen and oxygen atoms in total. The maximum atomic E-state index is 14.0. The van der Waals surface area contributed by atoms with Crippen LogP contribution >= 0.6 is 0 Å². The Labute approximate surface area is 203 Å². The maximum Gasteiger partial charge on any atom is 0.280 e. The van der Waals surface area contributed by atoms with Crippen molar-refractivity contribution in [2.75, 3.05) is 0 Å². The first kappa shape index (κ1) is 23.1. The first-order valence-corrected chi connectivity index (χ1v) is 11.0. The summed E-state index contributed by atoms with van der Waals surface area (Å²) in [5, 5.41) is 37.2. The van der Waals surface area contributed by atoms with Gasteiger partial charge in [-0.2, -0.15) is 0 Å². The third-order valence-electron chi connectivity index (χ3n) is 6.66. The largest absolute Gasteiger partial charge is 0.454 e. The minimum absolute atomic E-state index is 0.0252. The van der Waals surface area contributed by atoms with Gasteiger partial charge in [-0.1, -0.05) is 38.1 Å². The molecule has 2 atom stereocenters. The number of benzene rings is 3. The zero-order valence-corrected chi connectivity index (χ0v) is 19.1. The van der Waals surface area contributed by atoms with Crippen molar-refractivity contribution in [2.45, 2.75) is 31.1 Å². The molecule has 5 rings (SSSR count). The van der Waals surface area contributed by atoms with Crippen LogP contribution < -0.4 is 10.1 Å². The third-order valence-corrected chi connectivity index (χ3v) is 6.66. The quantitative estimate of drug-likeness (QED) is 0.405. The average Bonchev–Trinajstić information content (AvgIpc) is 3.20. The Morgan fingerprint density at radius 2 is 1.69 bits per heavy atom. The number of nitrogens with one attached hydrogen (secondary N) is 1. The van der Waals surface area contributed by atoms with Crippen LogP contribution in [0.3, 0.4) is 0 Å². The second-order valence-electron chi connectivity index (χ2n) is 8.95. The molecule has 2 N–H and O–H groups in total. The van der Waals surface area contributed by atoms with Gasteiger partial charge in [-0.15, -0.1) is 0 Å². The molecular weight excluding hydrogens is 470 g/mol. The van der Waals surface area contributed by atoms with Gasteiger partial charge < -0.3 is 15.2 Å². The van der Waals surface area contributed by atoms with E-state index in [0.29, 0.717) is 0 Å². The lowest BCUT2D eigenvalue weighted by atomic mass is 9.82. The van der Waals surface area contributed by atoms with Crippen LogP contribution in [0.2, 0.25) is 0 Å². The van der Waals surface area contributed by atoms with Crippen LogP contribution in [-0.4, -0.2) is 26.6 Å². The number of aliphatic hydroxyl groups is 1. The number of nitrogens with zero attached hydrogens (tertiary/aromatic N) is 2. The molecule has 0 spiro atoms. The molecule has 0 fully saturated rings. The fraction of sp³-hybridized carbons (Fsp3) is 0.200. The molecule has 0 bridgehead atoms. The van der Waals surface area contributed by atoms with Gasteiger partial charge in [0.15, 0.2) is 0 Å². The van der Waals surface area contributed by atoms with E-state index in [-0.39, 0.29) is 39.6 Å². The van der Waals surface area contributed by atoms with Crippen LogP contribution in [0, 0.1) is 20.2 Å². The topological polar surface area (TPSA) is 162 Å². The Kier molecular flexibility index (Phi) is 4.93. The van der Waals surface area contributed by atoms with Crippen molar-refractivity contribution in [2.24, 2.45) is 0 Å². The predicted molar refractivity (Wildman–Crippen MR) is 125 cm³/mol. The van der Waals surface area contributed by atoms with Gasteiger partial charge in [0.25, 0.3) is 23.1 Å². The SMILES string of the molecule is CC(C)c1ccc2c(c1)OC1(O)c3cccc([N+](=O)[O-])c3C(=O)C21NC(=O)c1ccc([N+](=O)[O-])cc1. The van der Waals surface area contributed by atoms with E-state index in [1.807, 2.05) is 13.8 Å². The lowest BCUT2D eigenvalue weighted by Crippen LogP contribution is -2.60. The van der Waals surface area contributed by atoms with Gasteiger partial charge in [0.05, 0.1) is 9.85 Å². The number of hydrogen-bond acceptors (Lipinski definition) is 8. The van der Waals surface area contributed by atoms with E-state index in [1.165, 1.54) is 24.3 Å². The molecule has 36 heavy (non-hydrogen) atoms. The Morgan fingerprint density at radius 3 is 2.31 bits per heavy atom. The number of amides is 1. The maximum absolute atomic E-state index is 14.0. The number of carbonyl (C=O) groups is 2. The van der Waals surface area contributed by atoms with E-state index in [4.69, 9.17) is 4.74 Å². The van der Waals surface area contributed by atoms with Crippen molar-refractivity contribution in [3.63, 3.8) is 0 Å². The van der Waals surface area contributed by atoms with Crippen molar-refractivity contribution in [1.29, 1.82) is 0 Å². The second kappa shape index (κ2) is 7.68. The summed E-state index contributed by atoms with van der Waals surface area (Å²) in [6.07, 6.45) is 0. The molecule has 2 aliphatic rings. The van der Waals surface area contributed by atoms with Gasteiger partial charge in [-0.05, 0) is 29.7 Å². The Balaban J connectivity index is 1.70. The van der Waals surface area contributed by atoms with Crippen molar-refractivity contribution in [3.8, 4) is 5.75 Å². The van der Waals surface area contributed by atoms with E-state index in [9.17, 15) is 34.9 Å². The van der Waals surface area contributed by atoms with Crippen LogP contribution in [0.5, 0.6) is 5.75 Å². The molecule has 182 valence electrons. The Morgan fingerprint density at radius 1 is 1.00 bits per heavy atom. The summed E-state index contributed by atoms with van der Waals surface area (Å²) < 4.78 is 5.94. The van der Waals surface area contributed by atoms with E-state index in [2.05, 4.69) is 5.32 Å². The van der Waals surface area contributed by atoms with Crippen LogP contribution in [0.4, 0.5) is 11.4 Å².